The van der Waals surface area contributed by atoms with Gasteiger partial charge in [-0.1, -0.05) is 73.8 Å². The number of aliphatic hydroxyl groups is 2. The van der Waals surface area contributed by atoms with E-state index >= 15 is 0 Å². The van der Waals surface area contributed by atoms with E-state index in [9.17, 15) is 15.0 Å². The molecule has 5 heteroatoms. The minimum atomic E-state index is -0.756. The molecule has 156 valence electrons. The van der Waals surface area contributed by atoms with Crippen LogP contribution in [0.15, 0.2) is 24.3 Å². The van der Waals surface area contributed by atoms with Gasteiger partial charge in [0.2, 0.25) is 0 Å². The molecule has 5 atom stereocenters. The average Bonchev–Trinajstić information content (AvgIpc) is 2.86. The van der Waals surface area contributed by atoms with Gasteiger partial charge in [-0.2, -0.15) is 0 Å². The number of rotatable bonds is 12. The van der Waals surface area contributed by atoms with E-state index in [0.717, 1.165) is 32.1 Å². The van der Waals surface area contributed by atoms with Crippen molar-refractivity contribution in [3.05, 3.63) is 24.3 Å². The van der Waals surface area contributed by atoms with Crippen LogP contribution in [0.3, 0.4) is 0 Å². The molecule has 1 rings (SSSR count). The lowest BCUT2D eigenvalue weighted by molar-refractivity contribution is -0.137. The number of carboxylic acid groups (broad SMARTS) is 1. The van der Waals surface area contributed by atoms with Crippen molar-refractivity contribution >= 4 is 21.9 Å². The number of allylic oxidation sites excluding steroid dienone is 2. The van der Waals surface area contributed by atoms with Gasteiger partial charge in [-0.25, -0.2) is 0 Å². The van der Waals surface area contributed by atoms with Crippen molar-refractivity contribution in [2.45, 2.75) is 89.2 Å². The summed E-state index contributed by atoms with van der Waals surface area (Å²) in [7, 11) is 0. The molecule has 3 N–H and O–H groups in total. The summed E-state index contributed by atoms with van der Waals surface area (Å²) < 4.78 is 0. The Labute approximate surface area is 172 Å². The third-order valence-corrected chi connectivity index (χ3v) is 6.75. The van der Waals surface area contributed by atoms with E-state index in [-0.39, 0.29) is 28.5 Å². The maximum atomic E-state index is 10.6. The highest BCUT2D eigenvalue weighted by Crippen LogP contribution is 2.41. The highest BCUT2D eigenvalue weighted by Gasteiger charge is 2.39. The van der Waals surface area contributed by atoms with E-state index in [2.05, 4.69) is 42.8 Å². The number of carbonyl (C=O) groups is 1. The molecule has 27 heavy (non-hydrogen) atoms. The number of alkyl halides is 1. The average molecular weight is 445 g/mol. The van der Waals surface area contributed by atoms with Gasteiger partial charge in [0.15, 0.2) is 0 Å². The van der Waals surface area contributed by atoms with Crippen LogP contribution in [0.4, 0.5) is 0 Å². The minimum Gasteiger partial charge on any atom is -0.481 e. The third kappa shape index (κ3) is 8.49. The number of unbranched alkanes of at least 4 members (excludes halogenated alkanes) is 2. The van der Waals surface area contributed by atoms with Gasteiger partial charge in [-0.05, 0) is 43.4 Å². The van der Waals surface area contributed by atoms with Gasteiger partial charge in [0.05, 0.1) is 12.2 Å². The van der Waals surface area contributed by atoms with Gasteiger partial charge in [0.1, 0.15) is 0 Å². The van der Waals surface area contributed by atoms with Crippen molar-refractivity contribution in [1.29, 1.82) is 0 Å². The largest absolute Gasteiger partial charge is 0.481 e. The molecule has 0 bridgehead atoms. The van der Waals surface area contributed by atoms with Crippen LogP contribution in [-0.4, -0.2) is 38.3 Å². The maximum absolute atomic E-state index is 10.6. The predicted octanol–water partition coefficient (Wildman–Crippen LogP) is 5.08. The van der Waals surface area contributed by atoms with Crippen molar-refractivity contribution in [3.8, 4) is 0 Å². The molecule has 0 saturated heterocycles. The molecule has 0 aromatic rings. The monoisotopic (exact) mass is 444 g/mol. The second kappa shape index (κ2) is 12.0. The molecule has 1 saturated carbocycles. The molecule has 1 fully saturated rings. The molecule has 0 aliphatic heterocycles. The lowest BCUT2D eigenvalue weighted by Gasteiger charge is -2.29. The Balaban J connectivity index is 2.62. The second-order valence-corrected chi connectivity index (χ2v) is 9.65. The quantitative estimate of drug-likeness (QED) is 0.222. The lowest BCUT2D eigenvalue weighted by Crippen LogP contribution is -2.28. The third-order valence-electron chi connectivity index (χ3n) is 5.70. The second-order valence-electron chi connectivity index (χ2n) is 8.48. The zero-order valence-electron chi connectivity index (χ0n) is 17.0. The summed E-state index contributed by atoms with van der Waals surface area (Å²) in [6.07, 6.45) is 13.5. The van der Waals surface area contributed by atoms with Crippen LogP contribution in [-0.2, 0) is 4.79 Å². The number of carboxylic acids is 1. The first-order valence-electron chi connectivity index (χ1n) is 10.2. The van der Waals surface area contributed by atoms with Crippen LogP contribution < -0.4 is 0 Å². The zero-order valence-corrected chi connectivity index (χ0v) is 18.6. The molecular weight excluding hydrogens is 408 g/mol. The molecule has 0 spiro atoms. The number of hydrogen-bond donors (Lipinski definition) is 3. The van der Waals surface area contributed by atoms with Crippen molar-refractivity contribution < 1.29 is 20.1 Å². The summed E-state index contributed by atoms with van der Waals surface area (Å²) >= 11 is 3.70. The van der Waals surface area contributed by atoms with Gasteiger partial charge in [0.25, 0.3) is 0 Å². The highest BCUT2D eigenvalue weighted by atomic mass is 79.9. The van der Waals surface area contributed by atoms with Crippen LogP contribution >= 0.6 is 15.9 Å². The highest BCUT2D eigenvalue weighted by molar-refractivity contribution is 9.09. The SMILES string of the molecule is CCCCC(C)(C)C(O)/C=C/[C@H]1C(O)C[C@H](Br)[C@@H]1C/C=C\CCCC(=O)O. The van der Waals surface area contributed by atoms with Gasteiger partial charge < -0.3 is 15.3 Å². The van der Waals surface area contributed by atoms with Crippen molar-refractivity contribution in [2.24, 2.45) is 17.3 Å². The number of aliphatic carboxylic acids is 1. The Morgan fingerprint density at radius 2 is 2.00 bits per heavy atom. The lowest BCUT2D eigenvalue weighted by atomic mass is 9.80. The molecule has 1 aliphatic carbocycles. The topological polar surface area (TPSA) is 77.8 Å². The Bertz CT molecular complexity index is 501. The maximum Gasteiger partial charge on any atom is 0.303 e. The Hall–Kier alpha value is -0.650. The summed E-state index contributed by atoms with van der Waals surface area (Å²) in [5.41, 5.74) is -0.163. The molecule has 0 amide bonds. The van der Waals surface area contributed by atoms with E-state index in [4.69, 9.17) is 5.11 Å². The molecular formula is C22H37BrO4. The molecule has 2 unspecified atom stereocenters. The van der Waals surface area contributed by atoms with Crippen LogP contribution in [0.25, 0.3) is 0 Å². The standard InChI is InChI=1S/C22H37BrO4/c1-4-5-14-22(2,3)20(25)13-12-17-16(18(23)15-19(17)24)10-8-6-7-9-11-21(26)27/h6,8,12-13,16-20,24-25H,4-5,7,9-11,14-15H2,1-3H3,(H,26,27)/b8-6-,13-12+/t16-,17-,18+,19?,20?/m1/s1. The molecule has 0 aromatic heterocycles. The van der Waals surface area contributed by atoms with Crippen LogP contribution in [0, 0.1) is 17.3 Å². The van der Waals surface area contributed by atoms with Crippen molar-refractivity contribution in [1.82, 2.24) is 0 Å². The number of aliphatic hydroxyl groups excluding tert-OH is 2. The van der Waals surface area contributed by atoms with E-state index < -0.39 is 18.2 Å². The first-order chi connectivity index (χ1) is 12.7. The van der Waals surface area contributed by atoms with E-state index in [1.54, 1.807) is 0 Å². The van der Waals surface area contributed by atoms with Crippen LogP contribution in [0.2, 0.25) is 0 Å². The fraction of sp³-hybridized carbons (Fsp3) is 0.773. The summed E-state index contributed by atoms with van der Waals surface area (Å²) in [5, 5.41) is 29.7. The Morgan fingerprint density at radius 3 is 2.63 bits per heavy atom. The fourth-order valence-corrected chi connectivity index (χ4v) is 4.63. The van der Waals surface area contributed by atoms with Gasteiger partial charge in [0, 0.05) is 17.2 Å². The summed E-state index contributed by atoms with van der Waals surface area (Å²) in [6.45, 7) is 6.34. The van der Waals surface area contributed by atoms with E-state index in [1.165, 1.54) is 0 Å². The molecule has 4 nitrogen and oxygen atoms in total. The molecule has 0 radical (unpaired) electrons. The molecule has 0 aromatic carbocycles. The van der Waals surface area contributed by atoms with Gasteiger partial charge in [-0.15, -0.1) is 0 Å². The van der Waals surface area contributed by atoms with Crippen molar-refractivity contribution in [2.75, 3.05) is 0 Å². The number of halogens is 1. The fourth-order valence-electron chi connectivity index (χ4n) is 3.68. The minimum absolute atomic E-state index is 0.0228. The zero-order chi connectivity index (χ0) is 20.4. The summed E-state index contributed by atoms with van der Waals surface area (Å²) in [4.78, 5) is 10.8. The Morgan fingerprint density at radius 1 is 1.30 bits per heavy atom. The number of hydrogen-bond acceptors (Lipinski definition) is 3. The molecule has 0 heterocycles. The summed E-state index contributed by atoms with van der Waals surface area (Å²) in [6, 6.07) is 0. The summed E-state index contributed by atoms with van der Waals surface area (Å²) in [5.74, 6) is -0.457. The van der Waals surface area contributed by atoms with E-state index in [1.807, 2.05) is 18.2 Å². The van der Waals surface area contributed by atoms with Gasteiger partial charge >= 0.3 is 5.97 Å². The smallest absolute Gasteiger partial charge is 0.303 e. The van der Waals surface area contributed by atoms with Crippen LogP contribution in [0.5, 0.6) is 0 Å². The first kappa shape index (κ1) is 24.4. The van der Waals surface area contributed by atoms with E-state index in [0.29, 0.717) is 12.8 Å². The van der Waals surface area contributed by atoms with Crippen molar-refractivity contribution in [3.63, 3.8) is 0 Å². The van der Waals surface area contributed by atoms with Gasteiger partial charge in [-0.3, -0.25) is 4.79 Å². The predicted molar refractivity (Wildman–Crippen MR) is 114 cm³/mol. The Kier molecular flexibility index (Phi) is 10.9. The van der Waals surface area contributed by atoms with Crippen LogP contribution in [0.1, 0.15) is 72.1 Å². The molecule has 1 aliphatic rings. The first-order valence-corrected chi connectivity index (χ1v) is 11.2. The normalized spacial score (nSPS) is 27.6.